The quantitative estimate of drug-likeness (QED) is 0.489. The lowest BCUT2D eigenvalue weighted by atomic mass is 9.97. The van der Waals surface area contributed by atoms with Crippen molar-refractivity contribution < 1.29 is 18.3 Å². The number of nitrogen functional groups attached to an aromatic ring is 1. The molecule has 0 saturated carbocycles. The van der Waals surface area contributed by atoms with Crippen molar-refractivity contribution >= 4 is 27.6 Å². The molecule has 3 heterocycles. The number of carbonyl (C=O) groups is 1. The summed E-state index contributed by atoms with van der Waals surface area (Å²) in [6, 6.07) is 12.5. The number of aromatic nitrogens is 2. The molecule has 3 aromatic rings. The van der Waals surface area contributed by atoms with Gasteiger partial charge < -0.3 is 15.7 Å². The van der Waals surface area contributed by atoms with Gasteiger partial charge in [-0.15, -0.1) is 0 Å². The van der Waals surface area contributed by atoms with Crippen molar-refractivity contribution in [3.63, 3.8) is 0 Å². The molecular formula is C25H29N5O4S. The van der Waals surface area contributed by atoms with Crippen LogP contribution in [0, 0.1) is 12.8 Å². The fourth-order valence-electron chi connectivity index (χ4n) is 4.61. The molecule has 35 heavy (non-hydrogen) atoms. The van der Waals surface area contributed by atoms with Gasteiger partial charge in [0.05, 0.1) is 11.3 Å². The van der Waals surface area contributed by atoms with Crippen LogP contribution in [0.2, 0.25) is 0 Å². The maximum atomic E-state index is 13.3. The van der Waals surface area contributed by atoms with Crippen molar-refractivity contribution in [3.05, 3.63) is 59.7 Å². The van der Waals surface area contributed by atoms with Crippen LogP contribution in [0.5, 0.6) is 5.75 Å². The van der Waals surface area contributed by atoms with Gasteiger partial charge >= 0.3 is 0 Å². The third-order valence-electron chi connectivity index (χ3n) is 6.12. The maximum absolute atomic E-state index is 13.3. The zero-order chi connectivity index (χ0) is 25.5. The van der Waals surface area contributed by atoms with Gasteiger partial charge in [0.25, 0.3) is 15.9 Å². The van der Waals surface area contributed by atoms with E-state index in [0.717, 1.165) is 12.0 Å². The zero-order valence-corrected chi connectivity index (χ0v) is 20.9. The molecule has 1 aromatic carbocycles. The summed E-state index contributed by atoms with van der Waals surface area (Å²) in [6.07, 6.45) is 0.876. The topological polar surface area (TPSA) is 139 Å². The Hall–Kier alpha value is -3.66. The van der Waals surface area contributed by atoms with Gasteiger partial charge in [0.15, 0.2) is 5.03 Å². The minimum absolute atomic E-state index is 0.0257. The van der Waals surface area contributed by atoms with Gasteiger partial charge in [-0.05, 0) is 69.5 Å². The zero-order valence-electron chi connectivity index (χ0n) is 20.1. The van der Waals surface area contributed by atoms with Crippen molar-refractivity contribution in [1.82, 2.24) is 14.7 Å². The number of carbonyl (C=O) groups excluding carboxylic acids is 1. The average Bonchev–Trinajstić information content (AvgIpc) is 3.06. The third kappa shape index (κ3) is 4.93. The van der Waals surface area contributed by atoms with Crippen molar-refractivity contribution in [2.75, 3.05) is 17.2 Å². The number of benzene rings is 1. The number of sulfonamides is 1. The molecule has 1 saturated heterocycles. The first-order valence-electron chi connectivity index (χ1n) is 11.3. The second kappa shape index (κ2) is 8.84. The number of nitrogens with one attached hydrogen (secondary N) is 1. The monoisotopic (exact) mass is 495 g/mol. The molecule has 1 amide bonds. The van der Waals surface area contributed by atoms with Gasteiger partial charge in [-0.1, -0.05) is 24.6 Å². The van der Waals surface area contributed by atoms with E-state index in [-0.39, 0.29) is 27.7 Å². The number of nitrogens with zero attached hydrogens (tertiary/aromatic N) is 3. The van der Waals surface area contributed by atoms with E-state index >= 15 is 0 Å². The summed E-state index contributed by atoms with van der Waals surface area (Å²) in [5.74, 6) is -0.0366. The molecule has 0 unspecified atom stereocenters. The van der Waals surface area contributed by atoms with Crippen LogP contribution in [-0.2, 0) is 10.0 Å². The molecule has 0 bridgehead atoms. The number of phenols is 1. The standard InChI is InChI=1S/C25H29N5O4S/c1-15-8-11-20(31)18(12-15)19-10-9-17(23(27-19)30-14-16(2)13-25(30,3)4)24(32)29-35(33,34)22-7-5-6-21(26)28-22/h5-12,16,31H,13-14H2,1-4H3,(H2,26,28)(H,29,32)/t16-/m0/s1. The van der Waals surface area contributed by atoms with Crippen molar-refractivity contribution in [2.24, 2.45) is 5.92 Å². The summed E-state index contributed by atoms with van der Waals surface area (Å²) in [6.45, 7) is 8.79. The summed E-state index contributed by atoms with van der Waals surface area (Å²) >= 11 is 0. The lowest BCUT2D eigenvalue weighted by Crippen LogP contribution is -2.41. The molecule has 4 N–H and O–H groups in total. The van der Waals surface area contributed by atoms with Gasteiger partial charge in [-0.2, -0.15) is 8.42 Å². The van der Waals surface area contributed by atoms with Gasteiger partial charge in [0, 0.05) is 17.6 Å². The summed E-state index contributed by atoms with van der Waals surface area (Å²) in [4.78, 5) is 23.9. The van der Waals surface area contributed by atoms with Gasteiger partial charge in [0.2, 0.25) is 0 Å². The molecule has 0 radical (unpaired) electrons. The molecule has 10 heteroatoms. The highest BCUT2D eigenvalue weighted by molar-refractivity contribution is 7.90. The number of hydrogen-bond donors (Lipinski definition) is 3. The van der Waals surface area contributed by atoms with Gasteiger partial charge in [0.1, 0.15) is 17.4 Å². The summed E-state index contributed by atoms with van der Waals surface area (Å²) in [5.41, 5.74) is 7.36. The molecule has 184 valence electrons. The molecule has 0 aliphatic carbocycles. The Balaban J connectivity index is 1.80. The number of amides is 1. The van der Waals surface area contributed by atoms with Crippen LogP contribution in [0.1, 0.15) is 43.1 Å². The highest BCUT2D eigenvalue weighted by atomic mass is 32.2. The smallest absolute Gasteiger partial charge is 0.281 e. The largest absolute Gasteiger partial charge is 0.507 e. The predicted octanol–water partition coefficient (Wildman–Crippen LogP) is 3.48. The maximum Gasteiger partial charge on any atom is 0.281 e. The highest BCUT2D eigenvalue weighted by Crippen LogP contribution is 2.39. The molecular weight excluding hydrogens is 466 g/mol. The number of rotatable bonds is 5. The number of phenolic OH excluding ortho intramolecular Hbond substituents is 1. The van der Waals surface area contributed by atoms with Crippen LogP contribution in [0.3, 0.4) is 0 Å². The van der Waals surface area contributed by atoms with E-state index in [0.29, 0.717) is 29.5 Å². The second-order valence-electron chi connectivity index (χ2n) is 9.66. The third-order valence-corrected chi connectivity index (χ3v) is 7.36. The Labute approximate surface area is 205 Å². The lowest BCUT2D eigenvalue weighted by molar-refractivity contribution is 0.0981. The fraction of sp³-hybridized carbons (Fsp3) is 0.320. The number of hydrogen-bond acceptors (Lipinski definition) is 8. The molecule has 1 atom stereocenters. The van der Waals surface area contributed by atoms with Crippen LogP contribution in [-0.4, -0.2) is 41.5 Å². The number of aromatic hydroxyl groups is 1. The Morgan fingerprint density at radius 1 is 1.17 bits per heavy atom. The van der Waals surface area contributed by atoms with E-state index in [1.54, 1.807) is 18.2 Å². The molecule has 9 nitrogen and oxygen atoms in total. The number of aryl methyl sites for hydroxylation is 1. The van der Waals surface area contributed by atoms with Crippen molar-refractivity contribution in [3.8, 4) is 17.0 Å². The lowest BCUT2D eigenvalue weighted by Gasteiger charge is -2.34. The SMILES string of the molecule is Cc1ccc(O)c(-c2ccc(C(=O)NS(=O)(=O)c3cccc(N)n3)c(N3C[C@@H](C)CC3(C)C)n2)c1. The molecule has 1 fully saturated rings. The minimum atomic E-state index is -4.26. The summed E-state index contributed by atoms with van der Waals surface area (Å²) in [5, 5.41) is 10.1. The van der Waals surface area contributed by atoms with Crippen LogP contribution in [0.25, 0.3) is 11.3 Å². The number of nitrogens with two attached hydrogens (primary N) is 1. The van der Waals surface area contributed by atoms with Crippen LogP contribution in [0.15, 0.2) is 53.6 Å². The fourth-order valence-corrected chi connectivity index (χ4v) is 5.55. The first-order chi connectivity index (χ1) is 16.4. The molecule has 0 spiro atoms. The van der Waals surface area contributed by atoms with E-state index in [4.69, 9.17) is 10.7 Å². The Morgan fingerprint density at radius 2 is 1.91 bits per heavy atom. The van der Waals surface area contributed by atoms with E-state index in [9.17, 15) is 18.3 Å². The number of anilines is 2. The first-order valence-corrected chi connectivity index (χ1v) is 12.7. The van der Waals surface area contributed by atoms with Gasteiger partial charge in [-0.25, -0.2) is 14.7 Å². The van der Waals surface area contributed by atoms with Crippen LogP contribution in [0.4, 0.5) is 11.6 Å². The molecule has 2 aromatic heterocycles. The van der Waals surface area contributed by atoms with Crippen molar-refractivity contribution in [2.45, 2.75) is 44.7 Å². The summed E-state index contributed by atoms with van der Waals surface area (Å²) in [7, 11) is -4.26. The predicted molar refractivity (Wildman–Crippen MR) is 135 cm³/mol. The van der Waals surface area contributed by atoms with Gasteiger partial charge in [-0.3, -0.25) is 4.79 Å². The molecule has 4 rings (SSSR count). The Kier molecular flexibility index (Phi) is 6.18. The minimum Gasteiger partial charge on any atom is -0.507 e. The van der Waals surface area contributed by atoms with Crippen molar-refractivity contribution in [1.29, 1.82) is 0 Å². The summed E-state index contributed by atoms with van der Waals surface area (Å²) < 4.78 is 27.8. The average molecular weight is 496 g/mol. The Bertz CT molecular complexity index is 1400. The van der Waals surface area contributed by atoms with Crippen LogP contribution >= 0.6 is 0 Å². The molecule has 1 aliphatic heterocycles. The van der Waals surface area contributed by atoms with E-state index in [1.165, 1.54) is 24.3 Å². The second-order valence-corrected chi connectivity index (χ2v) is 11.3. The van der Waals surface area contributed by atoms with E-state index in [1.807, 2.05) is 17.9 Å². The number of pyridine rings is 2. The highest BCUT2D eigenvalue weighted by Gasteiger charge is 2.39. The first kappa shape index (κ1) is 24.5. The van der Waals surface area contributed by atoms with Crippen LogP contribution < -0.4 is 15.4 Å². The Morgan fingerprint density at radius 3 is 2.57 bits per heavy atom. The molecule has 1 aliphatic rings. The van der Waals surface area contributed by atoms with E-state index in [2.05, 4.69) is 30.5 Å². The van der Waals surface area contributed by atoms with E-state index < -0.39 is 15.9 Å². The normalized spacial score (nSPS) is 17.4.